The van der Waals surface area contributed by atoms with Gasteiger partial charge in [0.2, 0.25) is 0 Å². The van der Waals surface area contributed by atoms with Gasteiger partial charge in [-0.05, 0) is 50.3 Å². The van der Waals surface area contributed by atoms with Crippen LogP contribution in [-0.2, 0) is 19.5 Å². The van der Waals surface area contributed by atoms with Crippen molar-refractivity contribution in [1.82, 2.24) is 9.13 Å². The molecule has 0 spiro atoms. The Hall–Kier alpha value is -2.85. The first-order chi connectivity index (χ1) is 12.8. The van der Waals surface area contributed by atoms with Crippen LogP contribution in [0.3, 0.4) is 0 Å². The highest BCUT2D eigenvalue weighted by atomic mass is 16.5. The monoisotopic (exact) mass is 369 g/mol. The van der Waals surface area contributed by atoms with Crippen molar-refractivity contribution < 1.29 is 9.84 Å². The molecule has 0 amide bonds. The highest BCUT2D eigenvalue weighted by Crippen LogP contribution is 2.25. The van der Waals surface area contributed by atoms with Gasteiger partial charge in [0.15, 0.2) is 0 Å². The molecule has 1 aliphatic heterocycles. The summed E-state index contributed by atoms with van der Waals surface area (Å²) in [5.41, 5.74) is 2.39. The molecule has 0 fully saturated rings. The van der Waals surface area contributed by atoms with E-state index in [4.69, 9.17) is 4.74 Å². The van der Waals surface area contributed by atoms with E-state index in [9.17, 15) is 20.0 Å². The third kappa shape index (κ3) is 3.40. The van der Waals surface area contributed by atoms with Crippen molar-refractivity contribution in [2.45, 2.75) is 52.8 Å². The Morgan fingerprint density at radius 2 is 1.96 bits per heavy atom. The molecule has 1 aliphatic rings. The molecule has 0 radical (unpaired) electrons. The molecule has 1 aromatic heterocycles. The Morgan fingerprint density at radius 3 is 2.67 bits per heavy atom. The van der Waals surface area contributed by atoms with Crippen LogP contribution in [0.2, 0.25) is 0 Å². The lowest BCUT2D eigenvalue weighted by atomic mass is 10.1. The number of aromatic nitrogens is 2. The molecule has 1 aromatic carbocycles. The number of aryl methyl sites for hydroxylation is 2. The average molecular weight is 369 g/mol. The molecular formula is C20H23N3O4. The smallest absolute Gasteiger partial charge is 0.331 e. The first kappa shape index (κ1) is 18.9. The summed E-state index contributed by atoms with van der Waals surface area (Å²) in [6.45, 7) is 6.06. The van der Waals surface area contributed by atoms with Crippen molar-refractivity contribution >= 4 is 0 Å². The number of fused-ring (bicyclic) bond motifs is 1. The molecule has 2 aromatic rings. The molecule has 1 atom stereocenters. The third-order valence-corrected chi connectivity index (χ3v) is 5.13. The van der Waals surface area contributed by atoms with Crippen LogP contribution in [0.1, 0.15) is 34.4 Å². The van der Waals surface area contributed by atoms with Gasteiger partial charge in [0, 0.05) is 12.2 Å². The first-order valence-corrected chi connectivity index (χ1v) is 8.99. The second kappa shape index (κ2) is 7.41. The lowest BCUT2D eigenvalue weighted by molar-refractivity contribution is 0.0893. The van der Waals surface area contributed by atoms with Gasteiger partial charge >= 0.3 is 5.69 Å². The van der Waals surface area contributed by atoms with Crippen LogP contribution in [-0.4, -0.2) is 27.0 Å². The summed E-state index contributed by atoms with van der Waals surface area (Å²) in [4.78, 5) is 25.1. The largest absolute Gasteiger partial charge is 0.490 e. The summed E-state index contributed by atoms with van der Waals surface area (Å²) in [6.07, 6.45) is 0.220. The van der Waals surface area contributed by atoms with Crippen LogP contribution in [0.5, 0.6) is 5.75 Å². The molecule has 2 heterocycles. The standard InChI is InChI=1S/C20H23N3O4/c1-12-6-7-13(2)18(14(12)3)27-11-15(24)10-23-19(25)16(9-21)17-5-4-8-22(17)20(23)26/h6-7,15,24H,4-5,8,10-11H2,1-3H3/t15-/m0/s1. The molecule has 0 saturated heterocycles. The minimum absolute atomic E-state index is 0.00871. The summed E-state index contributed by atoms with van der Waals surface area (Å²) >= 11 is 0. The third-order valence-electron chi connectivity index (χ3n) is 5.13. The molecule has 3 rings (SSSR count). The Balaban J connectivity index is 1.83. The lowest BCUT2D eigenvalue weighted by Gasteiger charge is -2.18. The van der Waals surface area contributed by atoms with E-state index in [1.807, 2.05) is 39.0 Å². The van der Waals surface area contributed by atoms with Gasteiger partial charge in [-0.15, -0.1) is 0 Å². The number of ether oxygens (including phenoxy) is 1. The van der Waals surface area contributed by atoms with Crippen LogP contribution >= 0.6 is 0 Å². The second-order valence-corrected chi connectivity index (χ2v) is 7.01. The van der Waals surface area contributed by atoms with Gasteiger partial charge in [0.05, 0.1) is 6.54 Å². The second-order valence-electron chi connectivity index (χ2n) is 7.01. The van der Waals surface area contributed by atoms with Crippen LogP contribution in [0, 0.1) is 32.1 Å². The zero-order valence-corrected chi connectivity index (χ0v) is 15.8. The van der Waals surface area contributed by atoms with E-state index in [2.05, 4.69) is 0 Å². The van der Waals surface area contributed by atoms with Crippen LogP contribution in [0.15, 0.2) is 21.7 Å². The highest BCUT2D eigenvalue weighted by Gasteiger charge is 2.23. The quantitative estimate of drug-likeness (QED) is 0.854. The molecule has 0 bridgehead atoms. The highest BCUT2D eigenvalue weighted by molar-refractivity contribution is 5.44. The predicted octanol–water partition coefficient (Wildman–Crippen LogP) is 1.19. The first-order valence-electron chi connectivity index (χ1n) is 8.99. The van der Waals surface area contributed by atoms with E-state index < -0.39 is 17.4 Å². The SMILES string of the molecule is Cc1ccc(C)c(OC[C@@H](O)Cn2c(=O)c(C#N)c3n(c2=O)CCC3)c1C. The molecule has 0 unspecified atom stereocenters. The molecule has 1 N–H and O–H groups in total. The average Bonchev–Trinajstić information content (AvgIpc) is 3.12. The van der Waals surface area contributed by atoms with E-state index in [-0.39, 0.29) is 18.7 Å². The molecule has 0 aliphatic carbocycles. The van der Waals surface area contributed by atoms with Gasteiger partial charge in [0.1, 0.15) is 30.1 Å². The van der Waals surface area contributed by atoms with Crippen LogP contribution < -0.4 is 16.0 Å². The Labute approximate surface area is 157 Å². The number of aliphatic hydroxyl groups is 1. The minimum atomic E-state index is -1.05. The fraction of sp³-hybridized carbons (Fsp3) is 0.450. The fourth-order valence-corrected chi connectivity index (χ4v) is 3.50. The maximum atomic E-state index is 12.6. The molecule has 0 saturated carbocycles. The van der Waals surface area contributed by atoms with Gasteiger partial charge < -0.3 is 9.84 Å². The maximum Gasteiger partial charge on any atom is 0.331 e. The van der Waals surface area contributed by atoms with Crippen molar-refractivity contribution in [1.29, 1.82) is 5.26 Å². The Bertz CT molecular complexity index is 1040. The lowest BCUT2D eigenvalue weighted by Crippen LogP contribution is -2.44. The van der Waals surface area contributed by atoms with E-state index >= 15 is 0 Å². The summed E-state index contributed by atoms with van der Waals surface area (Å²) in [5, 5.41) is 19.7. The normalized spacial score (nSPS) is 13.9. The fourth-order valence-electron chi connectivity index (χ4n) is 3.50. The molecule has 142 valence electrons. The van der Waals surface area contributed by atoms with Crippen molar-refractivity contribution in [3.63, 3.8) is 0 Å². The van der Waals surface area contributed by atoms with Crippen molar-refractivity contribution in [3.05, 3.63) is 60.9 Å². The number of hydrogen-bond acceptors (Lipinski definition) is 5. The summed E-state index contributed by atoms with van der Waals surface area (Å²) < 4.78 is 8.17. The van der Waals surface area contributed by atoms with Crippen LogP contribution in [0.4, 0.5) is 0 Å². The number of hydrogen-bond donors (Lipinski definition) is 1. The van der Waals surface area contributed by atoms with E-state index in [0.29, 0.717) is 24.4 Å². The number of nitriles is 1. The van der Waals surface area contributed by atoms with E-state index in [1.165, 1.54) is 4.57 Å². The summed E-state index contributed by atoms with van der Waals surface area (Å²) in [5.74, 6) is 0.699. The van der Waals surface area contributed by atoms with Gasteiger partial charge in [0.25, 0.3) is 5.56 Å². The maximum absolute atomic E-state index is 12.6. The number of aliphatic hydroxyl groups excluding tert-OH is 1. The van der Waals surface area contributed by atoms with E-state index in [0.717, 1.165) is 27.7 Å². The minimum Gasteiger partial charge on any atom is -0.490 e. The molecule has 7 heteroatoms. The zero-order valence-electron chi connectivity index (χ0n) is 15.8. The van der Waals surface area contributed by atoms with Gasteiger partial charge in [-0.1, -0.05) is 12.1 Å². The van der Waals surface area contributed by atoms with Crippen molar-refractivity contribution in [3.8, 4) is 11.8 Å². The summed E-state index contributed by atoms with van der Waals surface area (Å²) in [7, 11) is 0. The Morgan fingerprint density at radius 1 is 1.26 bits per heavy atom. The topological polar surface area (TPSA) is 97.2 Å². The van der Waals surface area contributed by atoms with Crippen LogP contribution in [0.25, 0.3) is 0 Å². The van der Waals surface area contributed by atoms with E-state index in [1.54, 1.807) is 0 Å². The molecule has 7 nitrogen and oxygen atoms in total. The number of rotatable bonds is 5. The van der Waals surface area contributed by atoms with Crippen molar-refractivity contribution in [2.24, 2.45) is 0 Å². The van der Waals surface area contributed by atoms with Gasteiger partial charge in [-0.25, -0.2) is 4.79 Å². The molecular weight excluding hydrogens is 346 g/mol. The zero-order chi connectivity index (χ0) is 19.7. The van der Waals surface area contributed by atoms with Crippen molar-refractivity contribution in [2.75, 3.05) is 6.61 Å². The Kier molecular flexibility index (Phi) is 5.19. The molecule has 27 heavy (non-hydrogen) atoms. The summed E-state index contributed by atoms with van der Waals surface area (Å²) in [6, 6.07) is 5.86. The number of benzene rings is 1. The van der Waals surface area contributed by atoms with Gasteiger partial charge in [-0.3, -0.25) is 13.9 Å². The predicted molar refractivity (Wildman–Crippen MR) is 100 cm³/mol. The van der Waals surface area contributed by atoms with Gasteiger partial charge in [-0.2, -0.15) is 5.26 Å². The number of nitrogens with zero attached hydrogens (tertiary/aromatic N) is 3.